The van der Waals surface area contributed by atoms with Gasteiger partial charge >= 0.3 is 0 Å². The van der Waals surface area contributed by atoms with E-state index in [0.29, 0.717) is 5.82 Å². The van der Waals surface area contributed by atoms with Crippen LogP contribution < -0.4 is 4.72 Å². The van der Waals surface area contributed by atoms with Crippen molar-refractivity contribution in [2.75, 3.05) is 0 Å². The van der Waals surface area contributed by atoms with Gasteiger partial charge in [0.1, 0.15) is 17.0 Å². The summed E-state index contributed by atoms with van der Waals surface area (Å²) in [5, 5.41) is 16.7. The lowest BCUT2D eigenvalue weighted by Gasteiger charge is -2.11. The van der Waals surface area contributed by atoms with E-state index in [4.69, 9.17) is 23.2 Å². The van der Waals surface area contributed by atoms with Crippen molar-refractivity contribution in [3.8, 4) is 0 Å². The number of aliphatic hydroxyl groups excluding tert-OH is 1. The van der Waals surface area contributed by atoms with Crippen molar-refractivity contribution in [3.05, 3.63) is 39.9 Å². The Labute approximate surface area is 131 Å². The largest absolute Gasteiger partial charge is 0.392 e. The molecule has 1 aromatic heterocycles. The number of sulfonamides is 1. The summed E-state index contributed by atoms with van der Waals surface area (Å²) in [6.45, 7) is -0.490. The number of halogens is 2. The van der Waals surface area contributed by atoms with Gasteiger partial charge in [0.25, 0.3) is 0 Å². The van der Waals surface area contributed by atoms with Crippen LogP contribution in [0.2, 0.25) is 10.0 Å². The van der Waals surface area contributed by atoms with Crippen molar-refractivity contribution in [2.45, 2.75) is 18.0 Å². The van der Waals surface area contributed by atoms with Crippen LogP contribution in [-0.4, -0.2) is 28.3 Å². The van der Waals surface area contributed by atoms with Gasteiger partial charge in [0, 0.05) is 17.6 Å². The van der Waals surface area contributed by atoms with Crippen LogP contribution in [0.4, 0.5) is 0 Å². The third-order valence-electron chi connectivity index (χ3n) is 2.82. The van der Waals surface area contributed by atoms with Crippen molar-refractivity contribution in [2.24, 2.45) is 7.05 Å². The first-order valence-electron chi connectivity index (χ1n) is 5.77. The number of aryl methyl sites for hydroxylation is 1. The van der Waals surface area contributed by atoms with Crippen LogP contribution >= 0.6 is 23.2 Å². The zero-order chi connectivity index (χ0) is 15.6. The molecule has 0 unspecified atom stereocenters. The maximum absolute atomic E-state index is 12.3. The van der Waals surface area contributed by atoms with Crippen molar-refractivity contribution in [1.29, 1.82) is 0 Å². The second-order valence-corrected chi connectivity index (χ2v) is 6.70. The Bertz CT molecular complexity index is 761. The van der Waals surface area contributed by atoms with E-state index in [1.807, 2.05) is 0 Å². The third-order valence-corrected chi connectivity index (χ3v) is 5.17. The second-order valence-electron chi connectivity index (χ2n) is 4.18. The fourth-order valence-electron chi connectivity index (χ4n) is 1.63. The van der Waals surface area contributed by atoms with Gasteiger partial charge in [-0.3, -0.25) is 0 Å². The van der Waals surface area contributed by atoms with Gasteiger partial charge in [-0.25, -0.2) is 13.1 Å². The topological polar surface area (TPSA) is 97.1 Å². The molecule has 0 saturated heterocycles. The third kappa shape index (κ3) is 3.35. The zero-order valence-electron chi connectivity index (χ0n) is 10.9. The summed E-state index contributed by atoms with van der Waals surface area (Å²) in [7, 11) is -2.17. The van der Waals surface area contributed by atoms with Gasteiger partial charge < -0.3 is 9.67 Å². The SMILES string of the molecule is Cn1cnnc1CNS(=O)(=O)c1ccc(Cl)c(CO)c1Cl. The maximum Gasteiger partial charge on any atom is 0.242 e. The van der Waals surface area contributed by atoms with Gasteiger partial charge in [0.05, 0.1) is 18.2 Å². The Morgan fingerprint density at radius 2 is 2.10 bits per heavy atom. The van der Waals surface area contributed by atoms with E-state index in [2.05, 4.69) is 14.9 Å². The minimum Gasteiger partial charge on any atom is -0.392 e. The Morgan fingerprint density at radius 1 is 1.38 bits per heavy atom. The highest BCUT2D eigenvalue weighted by atomic mass is 35.5. The van der Waals surface area contributed by atoms with Crippen LogP contribution in [0.1, 0.15) is 11.4 Å². The standard InChI is InChI=1S/C11H12Cl2N4O3S/c1-17-6-14-16-10(17)4-15-21(19,20)9-3-2-8(12)7(5-18)11(9)13/h2-3,6,15,18H,4-5H2,1H3. The Morgan fingerprint density at radius 3 is 2.67 bits per heavy atom. The number of nitrogens with one attached hydrogen (secondary N) is 1. The number of nitrogens with zero attached hydrogens (tertiary/aromatic N) is 3. The van der Waals surface area contributed by atoms with E-state index in [9.17, 15) is 13.5 Å². The second kappa shape index (κ2) is 6.29. The van der Waals surface area contributed by atoms with Crippen molar-refractivity contribution >= 4 is 33.2 Å². The van der Waals surface area contributed by atoms with Gasteiger partial charge in [-0.05, 0) is 12.1 Å². The van der Waals surface area contributed by atoms with Crippen LogP contribution in [0.15, 0.2) is 23.4 Å². The molecule has 0 atom stereocenters. The normalized spacial score (nSPS) is 11.8. The molecule has 0 amide bonds. The molecule has 21 heavy (non-hydrogen) atoms. The summed E-state index contributed by atoms with van der Waals surface area (Å²) in [6.07, 6.45) is 1.46. The summed E-state index contributed by atoms with van der Waals surface area (Å²) in [5.41, 5.74) is 0.167. The van der Waals surface area contributed by atoms with Gasteiger partial charge in [-0.15, -0.1) is 10.2 Å². The van der Waals surface area contributed by atoms with Crippen molar-refractivity contribution in [1.82, 2.24) is 19.5 Å². The lowest BCUT2D eigenvalue weighted by atomic mass is 10.2. The van der Waals surface area contributed by atoms with Crippen LogP contribution in [0.5, 0.6) is 0 Å². The first-order valence-corrected chi connectivity index (χ1v) is 8.01. The monoisotopic (exact) mass is 350 g/mol. The predicted octanol–water partition coefficient (Wildman–Crippen LogP) is 1.09. The maximum atomic E-state index is 12.3. The first-order chi connectivity index (χ1) is 9.86. The lowest BCUT2D eigenvalue weighted by Crippen LogP contribution is -2.25. The van der Waals surface area contributed by atoms with E-state index < -0.39 is 16.6 Å². The fourth-order valence-corrected chi connectivity index (χ4v) is 3.51. The van der Waals surface area contributed by atoms with E-state index in [1.54, 1.807) is 11.6 Å². The summed E-state index contributed by atoms with van der Waals surface area (Å²) < 4.78 is 28.5. The molecule has 10 heteroatoms. The molecule has 0 aliphatic rings. The first kappa shape index (κ1) is 16.2. The Balaban J connectivity index is 2.30. The fraction of sp³-hybridized carbons (Fsp3) is 0.273. The number of aliphatic hydroxyl groups is 1. The van der Waals surface area contributed by atoms with Gasteiger partial charge in [-0.1, -0.05) is 23.2 Å². The minimum absolute atomic E-state index is 0.0355. The Hall–Kier alpha value is -1.19. The van der Waals surface area contributed by atoms with E-state index in [1.165, 1.54) is 18.5 Å². The summed E-state index contributed by atoms with van der Waals surface area (Å²) in [6, 6.07) is 2.65. The molecule has 2 aromatic rings. The highest BCUT2D eigenvalue weighted by Gasteiger charge is 2.21. The van der Waals surface area contributed by atoms with Gasteiger partial charge in [-0.2, -0.15) is 0 Å². The van der Waals surface area contributed by atoms with Gasteiger partial charge in [0.15, 0.2) is 0 Å². The average molecular weight is 351 g/mol. The molecular weight excluding hydrogens is 339 g/mol. The van der Waals surface area contributed by atoms with Crippen LogP contribution in [-0.2, 0) is 30.2 Å². The molecule has 0 fully saturated rings. The Kier molecular flexibility index (Phi) is 4.84. The molecule has 0 radical (unpaired) electrons. The number of aromatic nitrogens is 3. The quantitative estimate of drug-likeness (QED) is 0.841. The average Bonchev–Trinajstić information content (AvgIpc) is 2.82. The summed E-state index contributed by atoms with van der Waals surface area (Å²) in [4.78, 5) is -0.153. The minimum atomic E-state index is -3.87. The highest BCUT2D eigenvalue weighted by Crippen LogP contribution is 2.31. The molecule has 0 bridgehead atoms. The lowest BCUT2D eigenvalue weighted by molar-refractivity contribution is 0.281. The molecule has 0 aliphatic heterocycles. The molecule has 2 N–H and O–H groups in total. The predicted molar refractivity (Wildman–Crippen MR) is 77.4 cm³/mol. The highest BCUT2D eigenvalue weighted by molar-refractivity contribution is 7.89. The van der Waals surface area contributed by atoms with Crippen LogP contribution in [0.25, 0.3) is 0 Å². The molecule has 1 aromatic carbocycles. The molecule has 0 aliphatic carbocycles. The number of hydrogen-bond acceptors (Lipinski definition) is 5. The zero-order valence-corrected chi connectivity index (χ0v) is 13.2. The number of benzene rings is 1. The molecule has 2 rings (SSSR count). The number of rotatable bonds is 5. The molecule has 114 valence electrons. The molecule has 0 saturated carbocycles. The van der Waals surface area contributed by atoms with Gasteiger partial charge in [0.2, 0.25) is 10.0 Å². The van der Waals surface area contributed by atoms with E-state index >= 15 is 0 Å². The molecule has 7 nitrogen and oxygen atoms in total. The summed E-state index contributed by atoms with van der Waals surface area (Å²) >= 11 is 11.8. The summed E-state index contributed by atoms with van der Waals surface area (Å²) in [5.74, 6) is 0.450. The number of hydrogen-bond donors (Lipinski definition) is 2. The smallest absolute Gasteiger partial charge is 0.242 e. The van der Waals surface area contributed by atoms with Crippen molar-refractivity contribution < 1.29 is 13.5 Å². The van der Waals surface area contributed by atoms with E-state index in [0.717, 1.165) is 0 Å². The molecule has 0 spiro atoms. The van der Waals surface area contributed by atoms with Crippen LogP contribution in [0.3, 0.4) is 0 Å². The molecular formula is C11H12Cl2N4O3S. The van der Waals surface area contributed by atoms with Crippen LogP contribution in [0, 0.1) is 0 Å². The van der Waals surface area contributed by atoms with E-state index in [-0.39, 0.29) is 27.0 Å². The van der Waals surface area contributed by atoms with Crippen molar-refractivity contribution in [3.63, 3.8) is 0 Å². The molecule has 1 heterocycles.